The van der Waals surface area contributed by atoms with Gasteiger partial charge in [0.2, 0.25) is 0 Å². The van der Waals surface area contributed by atoms with Gasteiger partial charge in [-0.1, -0.05) is 0 Å². The summed E-state index contributed by atoms with van der Waals surface area (Å²) in [6.07, 6.45) is 8.06. The van der Waals surface area contributed by atoms with E-state index in [1.807, 2.05) is 0 Å². The highest BCUT2D eigenvalue weighted by Crippen LogP contribution is 2.27. The van der Waals surface area contributed by atoms with Crippen LogP contribution in [0, 0.1) is 5.92 Å². The van der Waals surface area contributed by atoms with Gasteiger partial charge in [0.25, 0.3) is 0 Å². The molecule has 0 heterocycles. The molecule has 16 heavy (non-hydrogen) atoms. The van der Waals surface area contributed by atoms with Crippen LogP contribution in [-0.2, 0) is 4.74 Å². The van der Waals surface area contributed by atoms with Crippen LogP contribution in [0.2, 0.25) is 0 Å². The monoisotopic (exact) mass is 230 g/mol. The molecule has 1 atom stereocenters. The Bertz CT molecular complexity index is 165. The van der Waals surface area contributed by atoms with Gasteiger partial charge in [0.15, 0.2) is 0 Å². The SMILES string of the molecule is CC(CCCCO)OC1CCC(CO)CC1. The lowest BCUT2D eigenvalue weighted by Gasteiger charge is -2.29. The maximum absolute atomic E-state index is 9.04. The second-order valence-corrected chi connectivity index (χ2v) is 4.99. The van der Waals surface area contributed by atoms with E-state index in [0.717, 1.165) is 44.9 Å². The van der Waals surface area contributed by atoms with Crippen molar-refractivity contribution in [1.82, 2.24) is 0 Å². The summed E-state index contributed by atoms with van der Waals surface area (Å²) in [5.41, 5.74) is 0. The molecule has 2 N–H and O–H groups in total. The average Bonchev–Trinajstić information content (AvgIpc) is 2.30. The number of ether oxygens (including phenoxy) is 1. The van der Waals surface area contributed by atoms with Crippen molar-refractivity contribution in [1.29, 1.82) is 0 Å². The molecule has 0 aliphatic heterocycles. The van der Waals surface area contributed by atoms with Gasteiger partial charge < -0.3 is 14.9 Å². The van der Waals surface area contributed by atoms with E-state index in [-0.39, 0.29) is 6.61 Å². The van der Waals surface area contributed by atoms with Crippen LogP contribution in [0.5, 0.6) is 0 Å². The molecule has 0 aromatic carbocycles. The van der Waals surface area contributed by atoms with Crippen LogP contribution < -0.4 is 0 Å². The third-order valence-corrected chi connectivity index (χ3v) is 3.50. The standard InChI is InChI=1S/C13H26O3/c1-11(4-2-3-9-14)16-13-7-5-12(10-15)6-8-13/h11-15H,2-10H2,1H3. The van der Waals surface area contributed by atoms with Gasteiger partial charge in [-0.3, -0.25) is 0 Å². The lowest BCUT2D eigenvalue weighted by atomic mass is 9.88. The number of unbranched alkanes of at least 4 members (excludes halogenated alkanes) is 1. The third kappa shape index (κ3) is 5.28. The van der Waals surface area contributed by atoms with Crippen molar-refractivity contribution >= 4 is 0 Å². The Labute approximate surface area is 98.8 Å². The van der Waals surface area contributed by atoms with Crippen molar-refractivity contribution in [3.05, 3.63) is 0 Å². The fourth-order valence-electron chi connectivity index (χ4n) is 2.39. The Balaban J connectivity index is 2.08. The smallest absolute Gasteiger partial charge is 0.0579 e. The van der Waals surface area contributed by atoms with E-state index in [4.69, 9.17) is 14.9 Å². The lowest BCUT2D eigenvalue weighted by molar-refractivity contribution is -0.0358. The van der Waals surface area contributed by atoms with Crippen molar-refractivity contribution < 1.29 is 14.9 Å². The number of rotatable bonds is 7. The van der Waals surface area contributed by atoms with E-state index in [1.165, 1.54) is 0 Å². The van der Waals surface area contributed by atoms with Crippen molar-refractivity contribution in [3.8, 4) is 0 Å². The molecule has 96 valence electrons. The molecule has 0 aromatic rings. The van der Waals surface area contributed by atoms with E-state index in [2.05, 4.69) is 6.92 Å². The van der Waals surface area contributed by atoms with Crippen LogP contribution in [0.3, 0.4) is 0 Å². The predicted octanol–water partition coefficient (Wildman–Crippen LogP) is 2.11. The molecule has 1 aliphatic rings. The van der Waals surface area contributed by atoms with Gasteiger partial charge in [-0.25, -0.2) is 0 Å². The van der Waals surface area contributed by atoms with Crippen LogP contribution in [0.1, 0.15) is 51.9 Å². The van der Waals surface area contributed by atoms with Crippen LogP contribution in [0.4, 0.5) is 0 Å². The summed E-state index contributed by atoms with van der Waals surface area (Å²) < 4.78 is 5.97. The molecule has 1 saturated carbocycles. The van der Waals surface area contributed by atoms with Gasteiger partial charge in [-0.2, -0.15) is 0 Å². The largest absolute Gasteiger partial charge is 0.396 e. The van der Waals surface area contributed by atoms with Gasteiger partial charge in [0, 0.05) is 13.2 Å². The summed E-state index contributed by atoms with van der Waals surface area (Å²) in [5.74, 6) is 0.504. The zero-order valence-corrected chi connectivity index (χ0v) is 10.4. The highest BCUT2D eigenvalue weighted by molar-refractivity contribution is 4.73. The van der Waals surface area contributed by atoms with Crippen molar-refractivity contribution in [2.75, 3.05) is 13.2 Å². The Morgan fingerprint density at radius 1 is 1.12 bits per heavy atom. The highest BCUT2D eigenvalue weighted by Gasteiger charge is 2.22. The summed E-state index contributed by atoms with van der Waals surface area (Å²) in [5, 5.41) is 17.7. The van der Waals surface area contributed by atoms with Gasteiger partial charge in [0.05, 0.1) is 12.2 Å². The molecular weight excluding hydrogens is 204 g/mol. The molecule has 1 unspecified atom stereocenters. The van der Waals surface area contributed by atoms with Crippen molar-refractivity contribution in [3.63, 3.8) is 0 Å². The van der Waals surface area contributed by atoms with Crippen LogP contribution in [0.25, 0.3) is 0 Å². The van der Waals surface area contributed by atoms with E-state index in [9.17, 15) is 0 Å². The van der Waals surface area contributed by atoms with E-state index in [1.54, 1.807) is 0 Å². The van der Waals surface area contributed by atoms with Crippen molar-refractivity contribution in [2.45, 2.75) is 64.1 Å². The average molecular weight is 230 g/mol. The summed E-state index contributed by atoms with van der Waals surface area (Å²) in [6.45, 7) is 2.74. The minimum atomic E-state index is 0.286. The fourth-order valence-corrected chi connectivity index (χ4v) is 2.39. The first kappa shape index (κ1) is 13.9. The minimum Gasteiger partial charge on any atom is -0.396 e. The van der Waals surface area contributed by atoms with Crippen LogP contribution in [-0.4, -0.2) is 35.6 Å². The first-order chi connectivity index (χ1) is 7.76. The molecular formula is C13H26O3. The second kappa shape index (κ2) is 8.04. The maximum Gasteiger partial charge on any atom is 0.0579 e. The van der Waals surface area contributed by atoms with E-state index >= 15 is 0 Å². The summed E-state index contributed by atoms with van der Waals surface area (Å²) in [7, 11) is 0. The van der Waals surface area contributed by atoms with Gasteiger partial charge in [-0.15, -0.1) is 0 Å². The fraction of sp³-hybridized carbons (Fsp3) is 1.00. The number of hydrogen-bond donors (Lipinski definition) is 2. The Morgan fingerprint density at radius 3 is 2.38 bits per heavy atom. The zero-order valence-electron chi connectivity index (χ0n) is 10.4. The first-order valence-corrected chi connectivity index (χ1v) is 6.63. The molecule has 1 fully saturated rings. The predicted molar refractivity (Wildman–Crippen MR) is 64.3 cm³/mol. The van der Waals surface area contributed by atoms with Gasteiger partial charge in [0.1, 0.15) is 0 Å². The molecule has 0 aromatic heterocycles. The molecule has 0 radical (unpaired) electrons. The highest BCUT2D eigenvalue weighted by atomic mass is 16.5. The Kier molecular flexibility index (Phi) is 7.01. The molecule has 0 amide bonds. The van der Waals surface area contributed by atoms with Gasteiger partial charge in [-0.05, 0) is 57.8 Å². The lowest BCUT2D eigenvalue weighted by Crippen LogP contribution is -2.26. The van der Waals surface area contributed by atoms with Crippen LogP contribution >= 0.6 is 0 Å². The molecule has 3 heteroatoms. The molecule has 0 saturated heterocycles. The Hall–Kier alpha value is -0.120. The molecule has 1 rings (SSSR count). The topological polar surface area (TPSA) is 49.7 Å². The number of aliphatic hydroxyl groups excluding tert-OH is 2. The first-order valence-electron chi connectivity index (χ1n) is 6.63. The Morgan fingerprint density at radius 2 is 1.81 bits per heavy atom. The maximum atomic E-state index is 9.04. The summed E-state index contributed by atoms with van der Waals surface area (Å²) in [4.78, 5) is 0. The molecule has 1 aliphatic carbocycles. The number of hydrogen-bond acceptors (Lipinski definition) is 3. The minimum absolute atomic E-state index is 0.286. The van der Waals surface area contributed by atoms with Crippen LogP contribution in [0.15, 0.2) is 0 Å². The molecule has 3 nitrogen and oxygen atoms in total. The second-order valence-electron chi connectivity index (χ2n) is 4.99. The quantitative estimate of drug-likeness (QED) is 0.659. The number of aliphatic hydroxyl groups is 2. The summed E-state index contributed by atoms with van der Waals surface area (Å²) >= 11 is 0. The zero-order chi connectivity index (χ0) is 11.8. The van der Waals surface area contributed by atoms with E-state index < -0.39 is 0 Å². The summed E-state index contributed by atoms with van der Waals surface area (Å²) in [6, 6.07) is 0. The third-order valence-electron chi connectivity index (χ3n) is 3.50. The van der Waals surface area contributed by atoms with Crippen molar-refractivity contribution in [2.24, 2.45) is 5.92 Å². The normalized spacial score (nSPS) is 27.9. The van der Waals surface area contributed by atoms with E-state index in [0.29, 0.717) is 24.7 Å². The molecule has 0 bridgehead atoms. The molecule has 0 spiro atoms. The van der Waals surface area contributed by atoms with Gasteiger partial charge >= 0.3 is 0 Å².